The molecule has 26 heavy (non-hydrogen) atoms. The lowest BCUT2D eigenvalue weighted by molar-refractivity contribution is 0.369. The van der Waals surface area contributed by atoms with Crippen LogP contribution in [0.25, 0.3) is 0 Å². The van der Waals surface area contributed by atoms with Gasteiger partial charge < -0.3 is 19.3 Å². The van der Waals surface area contributed by atoms with Crippen LogP contribution in [0.15, 0.2) is 66.7 Å². The molecule has 0 aromatic heterocycles. The highest BCUT2D eigenvalue weighted by Gasteiger charge is 2.26. The van der Waals surface area contributed by atoms with Crippen LogP contribution in [0.4, 0.5) is 0 Å². The van der Waals surface area contributed by atoms with Gasteiger partial charge in [-0.05, 0) is 18.2 Å². The van der Waals surface area contributed by atoms with Crippen LogP contribution in [0.5, 0.6) is 23.0 Å². The molecule has 0 aliphatic heterocycles. The van der Waals surface area contributed by atoms with Gasteiger partial charge in [-0.1, -0.05) is 48.5 Å². The number of phenolic OH excluding ortho intramolecular Hbond substituents is 1. The number of para-hydroxylation sites is 3. The first-order valence-corrected chi connectivity index (χ1v) is 8.33. The topological polar surface area (TPSA) is 47.9 Å². The summed E-state index contributed by atoms with van der Waals surface area (Å²) in [7, 11) is 4.83. The lowest BCUT2D eigenvalue weighted by Crippen LogP contribution is -2.08. The number of aromatic hydroxyl groups is 1. The highest BCUT2D eigenvalue weighted by Crippen LogP contribution is 2.45. The summed E-state index contributed by atoms with van der Waals surface area (Å²) >= 11 is 0. The van der Waals surface area contributed by atoms with E-state index in [1.807, 2.05) is 60.7 Å². The molecule has 0 atom stereocenters. The van der Waals surface area contributed by atoms with E-state index in [1.165, 1.54) is 0 Å². The van der Waals surface area contributed by atoms with E-state index in [4.69, 9.17) is 14.2 Å². The first-order chi connectivity index (χ1) is 12.7. The fourth-order valence-electron chi connectivity index (χ4n) is 3.25. The van der Waals surface area contributed by atoms with Gasteiger partial charge in [0.15, 0.2) is 11.5 Å². The summed E-state index contributed by atoms with van der Waals surface area (Å²) in [5, 5.41) is 10.8. The van der Waals surface area contributed by atoms with Gasteiger partial charge in [0.25, 0.3) is 0 Å². The van der Waals surface area contributed by atoms with Gasteiger partial charge in [0.1, 0.15) is 11.5 Å². The fourth-order valence-corrected chi connectivity index (χ4v) is 3.25. The molecule has 4 nitrogen and oxygen atoms in total. The second-order valence-electron chi connectivity index (χ2n) is 5.82. The van der Waals surface area contributed by atoms with Gasteiger partial charge in [0, 0.05) is 22.6 Å². The van der Waals surface area contributed by atoms with E-state index in [2.05, 4.69) is 0 Å². The van der Waals surface area contributed by atoms with E-state index in [0.29, 0.717) is 5.75 Å². The number of methoxy groups -OCH3 is 3. The molecule has 0 saturated heterocycles. The highest BCUT2D eigenvalue weighted by molar-refractivity contribution is 5.58. The minimum atomic E-state index is -0.280. The number of rotatable bonds is 6. The van der Waals surface area contributed by atoms with Crippen LogP contribution in [-0.2, 0) is 0 Å². The lowest BCUT2D eigenvalue weighted by Gasteiger charge is -2.24. The van der Waals surface area contributed by atoms with E-state index in [9.17, 15) is 5.11 Å². The Morgan fingerprint density at radius 3 is 1.50 bits per heavy atom. The molecular weight excluding hydrogens is 328 g/mol. The van der Waals surface area contributed by atoms with Gasteiger partial charge in [-0.25, -0.2) is 0 Å². The van der Waals surface area contributed by atoms with Crippen molar-refractivity contribution in [2.24, 2.45) is 0 Å². The standard InChI is InChI=1S/C22H22O4/c1-24-18-12-6-4-9-15(18)21(16-10-5-7-13-19(16)25-2)17-11-8-14-20(26-3)22(17)23/h4-14,21,23H,1-3H3. The van der Waals surface area contributed by atoms with E-state index in [0.717, 1.165) is 28.2 Å². The third kappa shape index (κ3) is 3.18. The predicted octanol–water partition coefficient (Wildman–Crippen LogP) is 4.60. The zero-order chi connectivity index (χ0) is 18.5. The highest BCUT2D eigenvalue weighted by atomic mass is 16.5. The maximum absolute atomic E-state index is 10.8. The number of ether oxygens (including phenoxy) is 3. The predicted molar refractivity (Wildman–Crippen MR) is 102 cm³/mol. The van der Waals surface area contributed by atoms with E-state index in [1.54, 1.807) is 27.4 Å². The van der Waals surface area contributed by atoms with Crippen LogP contribution in [0.2, 0.25) is 0 Å². The Kier molecular flexibility index (Phi) is 5.32. The molecule has 4 heteroatoms. The maximum Gasteiger partial charge on any atom is 0.161 e. The Hall–Kier alpha value is -3.14. The molecule has 0 saturated carbocycles. The SMILES string of the molecule is COc1ccccc1C(c1ccccc1OC)c1cccc(OC)c1O. The molecule has 0 unspecified atom stereocenters. The van der Waals surface area contributed by atoms with Crippen molar-refractivity contribution in [1.82, 2.24) is 0 Å². The van der Waals surface area contributed by atoms with Crippen molar-refractivity contribution in [1.29, 1.82) is 0 Å². The molecule has 0 heterocycles. The Balaban J connectivity index is 2.30. The van der Waals surface area contributed by atoms with Crippen LogP contribution in [0, 0.1) is 0 Å². The van der Waals surface area contributed by atoms with Gasteiger partial charge >= 0.3 is 0 Å². The minimum absolute atomic E-state index is 0.108. The third-order valence-electron chi connectivity index (χ3n) is 4.46. The van der Waals surface area contributed by atoms with Crippen molar-refractivity contribution >= 4 is 0 Å². The lowest BCUT2D eigenvalue weighted by atomic mass is 9.83. The zero-order valence-electron chi connectivity index (χ0n) is 15.1. The summed E-state index contributed by atoms with van der Waals surface area (Å²) in [6.07, 6.45) is 0. The van der Waals surface area contributed by atoms with Crippen LogP contribution >= 0.6 is 0 Å². The average Bonchev–Trinajstić information content (AvgIpc) is 2.70. The van der Waals surface area contributed by atoms with Crippen molar-refractivity contribution in [3.63, 3.8) is 0 Å². The van der Waals surface area contributed by atoms with Crippen LogP contribution in [0.1, 0.15) is 22.6 Å². The molecule has 0 spiro atoms. The number of phenols is 1. The average molecular weight is 350 g/mol. The molecule has 3 aromatic rings. The molecule has 134 valence electrons. The van der Waals surface area contributed by atoms with Crippen LogP contribution < -0.4 is 14.2 Å². The molecule has 3 aromatic carbocycles. The van der Waals surface area contributed by atoms with Crippen molar-refractivity contribution in [2.45, 2.75) is 5.92 Å². The van der Waals surface area contributed by atoms with Crippen molar-refractivity contribution in [3.05, 3.63) is 83.4 Å². The fraction of sp³-hybridized carbons (Fsp3) is 0.182. The second kappa shape index (κ2) is 7.83. The zero-order valence-corrected chi connectivity index (χ0v) is 15.1. The molecular formula is C22H22O4. The minimum Gasteiger partial charge on any atom is -0.504 e. The summed E-state index contributed by atoms with van der Waals surface area (Å²) in [6.45, 7) is 0. The smallest absolute Gasteiger partial charge is 0.161 e. The molecule has 0 radical (unpaired) electrons. The summed E-state index contributed by atoms with van der Waals surface area (Å²) < 4.78 is 16.5. The van der Waals surface area contributed by atoms with Gasteiger partial charge in [-0.15, -0.1) is 0 Å². The number of benzene rings is 3. The number of hydrogen-bond acceptors (Lipinski definition) is 4. The van der Waals surface area contributed by atoms with E-state index >= 15 is 0 Å². The Morgan fingerprint density at radius 2 is 1.00 bits per heavy atom. The van der Waals surface area contributed by atoms with Crippen LogP contribution in [-0.4, -0.2) is 26.4 Å². The quantitative estimate of drug-likeness (QED) is 0.660. The molecule has 0 fully saturated rings. The molecule has 3 rings (SSSR count). The van der Waals surface area contributed by atoms with E-state index in [-0.39, 0.29) is 11.7 Å². The largest absolute Gasteiger partial charge is 0.504 e. The molecule has 1 N–H and O–H groups in total. The van der Waals surface area contributed by atoms with Gasteiger partial charge in [0.05, 0.1) is 21.3 Å². The van der Waals surface area contributed by atoms with Gasteiger partial charge in [-0.2, -0.15) is 0 Å². The van der Waals surface area contributed by atoms with Gasteiger partial charge in [-0.3, -0.25) is 0 Å². The Morgan fingerprint density at radius 1 is 0.577 bits per heavy atom. The monoisotopic (exact) mass is 350 g/mol. The Bertz CT molecular complexity index is 841. The van der Waals surface area contributed by atoms with Crippen molar-refractivity contribution < 1.29 is 19.3 Å². The maximum atomic E-state index is 10.8. The Labute approximate surface area is 153 Å². The molecule has 0 amide bonds. The first-order valence-electron chi connectivity index (χ1n) is 8.33. The summed E-state index contributed by atoms with van der Waals surface area (Å²) in [6, 6.07) is 21.1. The summed E-state index contributed by atoms with van der Waals surface area (Å²) in [5.41, 5.74) is 2.59. The molecule has 0 aliphatic rings. The number of hydrogen-bond donors (Lipinski definition) is 1. The van der Waals surface area contributed by atoms with Crippen molar-refractivity contribution in [2.75, 3.05) is 21.3 Å². The molecule has 0 aliphatic carbocycles. The van der Waals surface area contributed by atoms with Crippen LogP contribution in [0.3, 0.4) is 0 Å². The first kappa shape index (κ1) is 17.7. The van der Waals surface area contributed by atoms with E-state index < -0.39 is 0 Å². The summed E-state index contributed by atoms with van der Waals surface area (Å²) in [5.74, 6) is 1.74. The van der Waals surface area contributed by atoms with Crippen molar-refractivity contribution in [3.8, 4) is 23.0 Å². The third-order valence-corrected chi connectivity index (χ3v) is 4.46. The van der Waals surface area contributed by atoms with Gasteiger partial charge in [0.2, 0.25) is 0 Å². The second-order valence-corrected chi connectivity index (χ2v) is 5.82. The molecule has 0 bridgehead atoms. The summed E-state index contributed by atoms with van der Waals surface area (Å²) in [4.78, 5) is 0. The normalized spacial score (nSPS) is 10.6.